The molecule has 1 fully saturated rings. The number of unbranched alkanes of at least 4 members (excludes halogenated alkanes) is 3. The zero-order valence-corrected chi connectivity index (χ0v) is 18.6. The second-order valence-corrected chi connectivity index (χ2v) is 8.22. The van der Waals surface area contributed by atoms with Crippen LogP contribution in [0.3, 0.4) is 0 Å². The normalized spacial score (nSPS) is 15.5. The third-order valence-corrected chi connectivity index (χ3v) is 5.67. The molecular weight excluding hydrogens is 411 g/mol. The lowest BCUT2D eigenvalue weighted by atomic mass is 10.1. The molecule has 1 saturated heterocycles. The fourth-order valence-electron chi connectivity index (χ4n) is 3.25. The van der Waals surface area contributed by atoms with Crippen molar-refractivity contribution in [2.45, 2.75) is 51.0 Å². The molecule has 1 heterocycles. The summed E-state index contributed by atoms with van der Waals surface area (Å²) in [5.41, 5.74) is 8.25. The Hall–Kier alpha value is -0.820. The van der Waals surface area contributed by atoms with Crippen molar-refractivity contribution in [1.82, 2.24) is 5.32 Å². The minimum absolute atomic E-state index is 0.345. The van der Waals surface area contributed by atoms with Crippen molar-refractivity contribution in [3.63, 3.8) is 0 Å². The molecule has 0 bridgehead atoms. The van der Waals surface area contributed by atoms with Gasteiger partial charge in [-0.25, -0.2) is 0 Å². The Balaban J connectivity index is 1.42. The van der Waals surface area contributed by atoms with E-state index in [9.17, 15) is 5.11 Å². The third-order valence-electron chi connectivity index (χ3n) is 5.05. The van der Waals surface area contributed by atoms with Gasteiger partial charge in [-0.2, -0.15) is 0 Å². The van der Waals surface area contributed by atoms with E-state index in [1.165, 1.54) is 5.57 Å². The molecule has 1 atom stereocenters. The summed E-state index contributed by atoms with van der Waals surface area (Å²) in [6.07, 6.45) is 9.29. The molecule has 0 aromatic heterocycles. The van der Waals surface area contributed by atoms with Crippen molar-refractivity contribution in [3.8, 4) is 0 Å². The standard InChI is InChI=1S/C22H34Cl2N2O3/c23-19-14-18(15-20(24)22(19)25)21(27)16-26-9-3-1-2-4-10-28-11-5-6-17-7-12-29-13-8-17/h6,14-15,21,26-27H,1-5,7-13,16,25H2. The largest absolute Gasteiger partial charge is 0.396 e. The molecular formula is C22H34Cl2N2O3. The summed E-state index contributed by atoms with van der Waals surface area (Å²) >= 11 is 12.0. The first kappa shape index (κ1) is 24.4. The van der Waals surface area contributed by atoms with Gasteiger partial charge in [0.15, 0.2) is 0 Å². The van der Waals surface area contributed by atoms with Gasteiger partial charge in [-0.05, 0) is 56.3 Å². The van der Waals surface area contributed by atoms with E-state index < -0.39 is 6.10 Å². The van der Waals surface area contributed by atoms with Gasteiger partial charge in [-0.1, -0.05) is 47.7 Å². The fourth-order valence-corrected chi connectivity index (χ4v) is 3.75. The average molecular weight is 445 g/mol. The van der Waals surface area contributed by atoms with Gasteiger partial charge in [0.25, 0.3) is 0 Å². The summed E-state index contributed by atoms with van der Waals surface area (Å²) in [5.74, 6) is 0. The second-order valence-electron chi connectivity index (χ2n) is 7.41. The number of aliphatic hydroxyl groups excluding tert-OH is 1. The second kappa shape index (κ2) is 14.2. The highest BCUT2D eigenvalue weighted by molar-refractivity contribution is 6.38. The zero-order valence-electron chi connectivity index (χ0n) is 17.1. The number of ether oxygens (including phenoxy) is 2. The van der Waals surface area contributed by atoms with Crippen molar-refractivity contribution in [3.05, 3.63) is 39.4 Å². The number of benzene rings is 1. The number of aliphatic hydroxyl groups is 1. The highest BCUT2D eigenvalue weighted by Crippen LogP contribution is 2.31. The Kier molecular flexibility index (Phi) is 12.0. The van der Waals surface area contributed by atoms with Crippen LogP contribution in [-0.2, 0) is 9.47 Å². The van der Waals surface area contributed by atoms with E-state index in [-0.39, 0.29) is 0 Å². The van der Waals surface area contributed by atoms with Crippen molar-refractivity contribution in [1.29, 1.82) is 0 Å². The number of rotatable bonds is 13. The Morgan fingerprint density at radius 3 is 2.52 bits per heavy atom. The topological polar surface area (TPSA) is 76.7 Å². The summed E-state index contributed by atoms with van der Waals surface area (Å²) < 4.78 is 11.1. The van der Waals surface area contributed by atoms with Crippen LogP contribution in [0, 0.1) is 0 Å². The highest BCUT2D eigenvalue weighted by Gasteiger charge is 2.11. The van der Waals surface area contributed by atoms with Crippen LogP contribution in [0.5, 0.6) is 0 Å². The fraction of sp³-hybridized carbons (Fsp3) is 0.636. The molecule has 1 unspecified atom stereocenters. The molecule has 1 aromatic carbocycles. The highest BCUT2D eigenvalue weighted by atomic mass is 35.5. The number of hydrogen-bond donors (Lipinski definition) is 3. The van der Waals surface area contributed by atoms with E-state index in [2.05, 4.69) is 11.4 Å². The molecule has 4 N–H and O–H groups in total. The third kappa shape index (κ3) is 9.69. The lowest BCUT2D eigenvalue weighted by Gasteiger charge is -2.14. The van der Waals surface area contributed by atoms with E-state index in [1.54, 1.807) is 12.1 Å². The molecule has 1 aromatic rings. The Bertz CT molecular complexity index is 609. The van der Waals surface area contributed by atoms with Crippen molar-refractivity contribution >= 4 is 28.9 Å². The first-order valence-electron chi connectivity index (χ1n) is 10.5. The van der Waals surface area contributed by atoms with Crippen LogP contribution in [0.4, 0.5) is 5.69 Å². The molecule has 5 nitrogen and oxygen atoms in total. The number of hydrogen-bond acceptors (Lipinski definition) is 5. The van der Waals surface area contributed by atoms with Gasteiger partial charge in [-0.15, -0.1) is 0 Å². The smallest absolute Gasteiger partial charge is 0.0915 e. The SMILES string of the molecule is Nc1c(Cl)cc(C(O)CNCCCCCCOCCC=C2CCOCC2)cc1Cl. The van der Waals surface area contributed by atoms with E-state index in [0.29, 0.717) is 27.8 Å². The van der Waals surface area contributed by atoms with Gasteiger partial charge in [0.05, 0.1) is 41.7 Å². The van der Waals surface area contributed by atoms with Crippen LogP contribution in [-0.4, -0.2) is 44.6 Å². The molecule has 0 spiro atoms. The summed E-state index contributed by atoms with van der Waals surface area (Å²) in [4.78, 5) is 0. The molecule has 0 radical (unpaired) electrons. The quantitative estimate of drug-likeness (QED) is 0.229. The molecule has 1 aliphatic heterocycles. The van der Waals surface area contributed by atoms with Gasteiger partial charge in [0.2, 0.25) is 0 Å². The van der Waals surface area contributed by atoms with E-state index in [4.69, 9.17) is 38.4 Å². The van der Waals surface area contributed by atoms with Gasteiger partial charge < -0.3 is 25.6 Å². The number of anilines is 1. The Morgan fingerprint density at radius 2 is 1.79 bits per heavy atom. The van der Waals surface area contributed by atoms with Crippen LogP contribution < -0.4 is 11.1 Å². The van der Waals surface area contributed by atoms with E-state index >= 15 is 0 Å². The molecule has 7 heteroatoms. The first-order chi connectivity index (χ1) is 14.1. The van der Waals surface area contributed by atoms with Crippen LogP contribution in [0.2, 0.25) is 10.0 Å². The van der Waals surface area contributed by atoms with Crippen LogP contribution in [0.15, 0.2) is 23.8 Å². The summed E-state index contributed by atoms with van der Waals surface area (Å²) in [6.45, 7) is 4.70. The van der Waals surface area contributed by atoms with Gasteiger partial charge in [-0.3, -0.25) is 0 Å². The zero-order chi connectivity index (χ0) is 20.9. The Labute approximate surface area is 184 Å². The maximum absolute atomic E-state index is 10.2. The maximum atomic E-state index is 10.2. The van der Waals surface area contributed by atoms with Gasteiger partial charge in [0.1, 0.15) is 0 Å². The number of nitrogen functional groups attached to an aromatic ring is 1. The summed E-state index contributed by atoms with van der Waals surface area (Å²) in [5, 5.41) is 14.3. The predicted octanol–water partition coefficient (Wildman–Crippen LogP) is 4.90. The van der Waals surface area contributed by atoms with Crippen LogP contribution in [0.25, 0.3) is 0 Å². The lowest BCUT2D eigenvalue weighted by Crippen LogP contribution is -2.22. The minimum atomic E-state index is -0.657. The molecule has 164 valence electrons. The summed E-state index contributed by atoms with van der Waals surface area (Å²) in [6, 6.07) is 3.32. The van der Waals surface area contributed by atoms with Gasteiger partial charge in [0, 0.05) is 13.2 Å². The molecule has 0 amide bonds. The minimum Gasteiger partial charge on any atom is -0.396 e. The van der Waals surface area contributed by atoms with E-state index in [1.807, 2.05) is 0 Å². The number of nitrogens with two attached hydrogens (primary N) is 1. The first-order valence-corrected chi connectivity index (χ1v) is 11.3. The molecule has 0 saturated carbocycles. The molecule has 1 aliphatic rings. The Morgan fingerprint density at radius 1 is 1.10 bits per heavy atom. The van der Waals surface area contributed by atoms with Crippen molar-refractivity contribution in [2.24, 2.45) is 0 Å². The monoisotopic (exact) mass is 444 g/mol. The lowest BCUT2D eigenvalue weighted by molar-refractivity contribution is 0.117. The average Bonchev–Trinajstić information content (AvgIpc) is 2.73. The number of halogens is 2. The van der Waals surface area contributed by atoms with Crippen LogP contribution >= 0.6 is 23.2 Å². The number of nitrogens with one attached hydrogen (secondary N) is 1. The maximum Gasteiger partial charge on any atom is 0.0915 e. The predicted molar refractivity (Wildman–Crippen MR) is 121 cm³/mol. The van der Waals surface area contributed by atoms with E-state index in [0.717, 1.165) is 77.9 Å². The van der Waals surface area contributed by atoms with Crippen molar-refractivity contribution < 1.29 is 14.6 Å². The molecule has 2 rings (SSSR count). The van der Waals surface area contributed by atoms with Crippen molar-refractivity contribution in [2.75, 3.05) is 45.3 Å². The molecule has 0 aliphatic carbocycles. The van der Waals surface area contributed by atoms with Crippen LogP contribution in [0.1, 0.15) is 56.6 Å². The van der Waals surface area contributed by atoms with Gasteiger partial charge >= 0.3 is 0 Å². The summed E-state index contributed by atoms with van der Waals surface area (Å²) in [7, 11) is 0. The molecule has 29 heavy (non-hydrogen) atoms.